The van der Waals surface area contributed by atoms with Crippen molar-refractivity contribution >= 4 is 17.7 Å². The van der Waals surface area contributed by atoms with Crippen molar-refractivity contribution in [1.82, 2.24) is 5.32 Å². The number of urea groups is 1. The van der Waals surface area contributed by atoms with Crippen molar-refractivity contribution in [3.05, 3.63) is 60.2 Å². The molecule has 0 heterocycles. The van der Waals surface area contributed by atoms with Gasteiger partial charge >= 0.3 is 12.0 Å². The first-order valence-electron chi connectivity index (χ1n) is 8.00. The lowest BCUT2D eigenvalue weighted by molar-refractivity contribution is -0.141. The van der Waals surface area contributed by atoms with Gasteiger partial charge in [0, 0.05) is 5.69 Å². The van der Waals surface area contributed by atoms with E-state index in [1.165, 1.54) is 7.11 Å². The SMILES string of the molecule is COC(=O)CCOc1ccc(NC(=O)NC(C)c2ccccc2)cc1. The van der Waals surface area contributed by atoms with Gasteiger partial charge in [0.2, 0.25) is 0 Å². The number of methoxy groups -OCH3 is 1. The molecule has 0 radical (unpaired) electrons. The number of esters is 1. The highest BCUT2D eigenvalue weighted by molar-refractivity contribution is 5.89. The van der Waals surface area contributed by atoms with Crippen molar-refractivity contribution in [3.63, 3.8) is 0 Å². The van der Waals surface area contributed by atoms with Crippen molar-refractivity contribution < 1.29 is 19.1 Å². The Labute approximate surface area is 147 Å². The van der Waals surface area contributed by atoms with Crippen LogP contribution in [0, 0.1) is 0 Å². The second kappa shape index (κ2) is 9.32. The standard InChI is InChI=1S/C19H22N2O4/c1-14(15-6-4-3-5-7-15)20-19(23)21-16-8-10-17(11-9-16)25-13-12-18(22)24-2/h3-11,14H,12-13H2,1-2H3,(H2,20,21,23). The summed E-state index contributed by atoms with van der Waals surface area (Å²) in [6.45, 7) is 2.17. The highest BCUT2D eigenvalue weighted by Crippen LogP contribution is 2.16. The van der Waals surface area contributed by atoms with Gasteiger partial charge in [-0.2, -0.15) is 0 Å². The van der Waals surface area contributed by atoms with E-state index in [-0.39, 0.29) is 31.1 Å². The lowest BCUT2D eigenvalue weighted by Gasteiger charge is -2.15. The van der Waals surface area contributed by atoms with Crippen molar-refractivity contribution in [2.75, 3.05) is 19.0 Å². The van der Waals surface area contributed by atoms with E-state index in [9.17, 15) is 9.59 Å². The maximum absolute atomic E-state index is 12.1. The molecule has 1 atom stereocenters. The minimum atomic E-state index is -0.317. The molecule has 2 N–H and O–H groups in total. The number of carbonyl (C=O) groups is 2. The largest absolute Gasteiger partial charge is 0.493 e. The molecular weight excluding hydrogens is 320 g/mol. The Morgan fingerprint density at radius 1 is 1.04 bits per heavy atom. The van der Waals surface area contributed by atoms with Gasteiger partial charge in [-0.15, -0.1) is 0 Å². The number of anilines is 1. The van der Waals surface area contributed by atoms with Crippen LogP contribution < -0.4 is 15.4 Å². The van der Waals surface area contributed by atoms with Crippen LogP contribution in [-0.4, -0.2) is 25.7 Å². The van der Waals surface area contributed by atoms with Gasteiger partial charge < -0.3 is 20.1 Å². The summed E-state index contributed by atoms with van der Waals surface area (Å²) >= 11 is 0. The zero-order valence-corrected chi connectivity index (χ0v) is 14.3. The van der Waals surface area contributed by atoms with Crippen molar-refractivity contribution in [2.24, 2.45) is 0 Å². The summed E-state index contributed by atoms with van der Waals surface area (Å²) in [6.07, 6.45) is 0.191. The van der Waals surface area contributed by atoms with E-state index in [4.69, 9.17) is 4.74 Å². The molecule has 0 spiro atoms. The summed E-state index contributed by atoms with van der Waals surface area (Å²) in [7, 11) is 1.34. The first-order chi connectivity index (χ1) is 12.1. The van der Waals surface area contributed by atoms with Gasteiger partial charge in [-0.1, -0.05) is 30.3 Å². The highest BCUT2D eigenvalue weighted by atomic mass is 16.5. The lowest BCUT2D eigenvalue weighted by Crippen LogP contribution is -2.31. The van der Waals surface area contributed by atoms with E-state index >= 15 is 0 Å². The van der Waals surface area contributed by atoms with E-state index in [0.717, 1.165) is 5.56 Å². The van der Waals surface area contributed by atoms with Crippen LogP contribution in [0.15, 0.2) is 54.6 Å². The number of benzene rings is 2. The predicted octanol–water partition coefficient (Wildman–Crippen LogP) is 3.51. The third kappa shape index (κ3) is 6.18. The quantitative estimate of drug-likeness (QED) is 0.755. The summed E-state index contributed by atoms with van der Waals surface area (Å²) in [4.78, 5) is 23.1. The summed E-state index contributed by atoms with van der Waals surface area (Å²) in [5.74, 6) is 0.301. The number of hydrogen-bond donors (Lipinski definition) is 2. The topological polar surface area (TPSA) is 76.7 Å². The highest BCUT2D eigenvalue weighted by Gasteiger charge is 2.09. The molecule has 0 aliphatic heterocycles. The Hall–Kier alpha value is -3.02. The predicted molar refractivity (Wildman–Crippen MR) is 95.6 cm³/mol. The summed E-state index contributed by atoms with van der Waals surface area (Å²) in [5.41, 5.74) is 1.69. The first-order valence-corrected chi connectivity index (χ1v) is 8.00. The Morgan fingerprint density at radius 3 is 2.36 bits per heavy atom. The van der Waals surface area contributed by atoms with E-state index in [1.54, 1.807) is 24.3 Å². The summed E-state index contributed by atoms with van der Waals surface area (Å²) < 4.78 is 9.97. The minimum absolute atomic E-state index is 0.0953. The minimum Gasteiger partial charge on any atom is -0.493 e. The third-order valence-corrected chi connectivity index (χ3v) is 3.56. The van der Waals surface area contributed by atoms with Gasteiger partial charge in [0.15, 0.2) is 0 Å². The van der Waals surface area contributed by atoms with Gasteiger partial charge in [0.05, 0.1) is 26.2 Å². The van der Waals surface area contributed by atoms with Gasteiger partial charge in [0.25, 0.3) is 0 Å². The lowest BCUT2D eigenvalue weighted by atomic mass is 10.1. The molecule has 0 aliphatic carbocycles. The maximum atomic E-state index is 12.1. The van der Waals surface area contributed by atoms with Crippen LogP contribution in [0.25, 0.3) is 0 Å². The first kappa shape index (κ1) is 18.3. The molecule has 1 unspecified atom stereocenters. The maximum Gasteiger partial charge on any atom is 0.319 e. The molecule has 2 amide bonds. The number of hydrogen-bond acceptors (Lipinski definition) is 4. The fourth-order valence-corrected chi connectivity index (χ4v) is 2.18. The number of amides is 2. The van der Waals surface area contributed by atoms with Crippen LogP contribution >= 0.6 is 0 Å². The molecule has 0 saturated heterocycles. The molecule has 25 heavy (non-hydrogen) atoms. The molecule has 6 heteroatoms. The molecule has 2 rings (SSSR count). The molecule has 2 aromatic carbocycles. The molecule has 0 bridgehead atoms. The normalized spacial score (nSPS) is 11.3. The Bertz CT molecular complexity index is 686. The number of rotatable bonds is 7. The van der Waals surface area contributed by atoms with E-state index in [0.29, 0.717) is 11.4 Å². The van der Waals surface area contributed by atoms with Crippen LogP contribution in [0.2, 0.25) is 0 Å². The Morgan fingerprint density at radius 2 is 1.72 bits per heavy atom. The molecular formula is C19H22N2O4. The molecule has 6 nitrogen and oxygen atoms in total. The van der Waals surface area contributed by atoms with Crippen molar-refractivity contribution in [1.29, 1.82) is 0 Å². The molecule has 0 aromatic heterocycles. The fraction of sp³-hybridized carbons (Fsp3) is 0.263. The zero-order valence-electron chi connectivity index (χ0n) is 14.3. The third-order valence-electron chi connectivity index (χ3n) is 3.56. The van der Waals surface area contributed by atoms with E-state index in [1.807, 2.05) is 37.3 Å². The van der Waals surface area contributed by atoms with E-state index in [2.05, 4.69) is 15.4 Å². The van der Waals surface area contributed by atoms with Gasteiger partial charge in [-0.05, 0) is 36.8 Å². The van der Waals surface area contributed by atoms with Crippen LogP contribution in [0.4, 0.5) is 10.5 Å². The van der Waals surface area contributed by atoms with Crippen LogP contribution in [0.3, 0.4) is 0 Å². The van der Waals surface area contributed by atoms with Crippen LogP contribution in [-0.2, 0) is 9.53 Å². The number of carbonyl (C=O) groups excluding carboxylic acids is 2. The number of nitrogens with one attached hydrogen (secondary N) is 2. The second-order valence-electron chi connectivity index (χ2n) is 5.43. The van der Waals surface area contributed by atoms with E-state index < -0.39 is 0 Å². The summed E-state index contributed by atoms with van der Waals surface area (Å²) in [6, 6.07) is 16.3. The Balaban J connectivity index is 1.80. The zero-order chi connectivity index (χ0) is 18.1. The van der Waals surface area contributed by atoms with Crippen molar-refractivity contribution in [3.8, 4) is 5.75 Å². The summed E-state index contributed by atoms with van der Waals surface area (Å²) in [5, 5.41) is 5.65. The average molecular weight is 342 g/mol. The van der Waals surface area contributed by atoms with Crippen molar-refractivity contribution in [2.45, 2.75) is 19.4 Å². The fourth-order valence-electron chi connectivity index (χ4n) is 2.18. The van der Waals surface area contributed by atoms with Crippen LogP contribution in [0.5, 0.6) is 5.75 Å². The average Bonchev–Trinajstić information content (AvgIpc) is 2.63. The molecule has 0 fully saturated rings. The van der Waals surface area contributed by atoms with Gasteiger partial charge in [-0.25, -0.2) is 4.79 Å². The molecule has 132 valence electrons. The van der Waals surface area contributed by atoms with Gasteiger partial charge in [0.1, 0.15) is 5.75 Å². The van der Waals surface area contributed by atoms with Crippen LogP contribution in [0.1, 0.15) is 24.9 Å². The molecule has 2 aromatic rings. The smallest absolute Gasteiger partial charge is 0.319 e. The number of ether oxygens (including phenoxy) is 2. The molecule has 0 saturated carbocycles. The monoisotopic (exact) mass is 342 g/mol. The molecule has 0 aliphatic rings. The van der Waals surface area contributed by atoms with Gasteiger partial charge in [-0.3, -0.25) is 4.79 Å². The second-order valence-corrected chi connectivity index (χ2v) is 5.43. The Kier molecular flexibility index (Phi) is 6.83.